The van der Waals surface area contributed by atoms with Crippen molar-refractivity contribution in [2.24, 2.45) is 0 Å². The highest BCUT2D eigenvalue weighted by atomic mass is 32.2. The first kappa shape index (κ1) is 23.9. The summed E-state index contributed by atoms with van der Waals surface area (Å²) in [7, 11) is -3.70. The zero-order chi connectivity index (χ0) is 25.5. The van der Waals surface area contributed by atoms with Crippen LogP contribution >= 0.6 is 0 Å². The van der Waals surface area contributed by atoms with Crippen molar-refractivity contribution in [2.45, 2.75) is 31.0 Å². The Balaban J connectivity index is 1.27. The molecule has 4 aromatic rings. The number of ether oxygens (including phenoxy) is 1. The third-order valence-corrected chi connectivity index (χ3v) is 7.81. The molecule has 10 heteroatoms. The number of nitrogens with zero attached hydrogens (tertiary/aromatic N) is 2. The molecule has 3 aromatic carbocycles. The molecule has 0 unspecified atom stereocenters. The van der Waals surface area contributed by atoms with Gasteiger partial charge in [0.2, 0.25) is 5.89 Å². The van der Waals surface area contributed by atoms with Gasteiger partial charge in [-0.05, 0) is 73.5 Å². The molecular formula is C26H21F3N2O4S. The van der Waals surface area contributed by atoms with E-state index in [2.05, 4.69) is 4.98 Å². The van der Waals surface area contributed by atoms with Gasteiger partial charge in [0.05, 0.1) is 16.1 Å². The van der Waals surface area contributed by atoms with E-state index >= 15 is 0 Å². The van der Waals surface area contributed by atoms with Crippen LogP contribution in [0.25, 0.3) is 11.5 Å². The van der Waals surface area contributed by atoms with Crippen LogP contribution in [0.1, 0.15) is 22.6 Å². The zero-order valence-corrected chi connectivity index (χ0v) is 19.9. The van der Waals surface area contributed by atoms with E-state index in [9.17, 15) is 21.6 Å². The van der Waals surface area contributed by atoms with E-state index in [1.54, 1.807) is 25.1 Å². The third-order valence-electron chi connectivity index (χ3n) is 5.98. The highest BCUT2D eigenvalue weighted by molar-refractivity contribution is 7.92. The molecule has 0 saturated carbocycles. The number of hydrogen-bond donors (Lipinski definition) is 0. The van der Waals surface area contributed by atoms with Gasteiger partial charge in [0.1, 0.15) is 23.8 Å². The second-order valence-corrected chi connectivity index (χ2v) is 10.2. The lowest BCUT2D eigenvalue weighted by molar-refractivity contribution is -0.137. The lowest BCUT2D eigenvalue weighted by Gasteiger charge is -2.19. The number of oxazole rings is 1. The van der Waals surface area contributed by atoms with Gasteiger partial charge >= 0.3 is 6.18 Å². The van der Waals surface area contributed by atoms with Gasteiger partial charge in [-0.25, -0.2) is 13.4 Å². The number of hydrogen-bond acceptors (Lipinski definition) is 5. The standard InChI is InChI=1S/C26H21F3N2O4S/c1-17-23(30-25(35-17)19-6-8-20(9-7-19)26(27,28)29)16-34-21-10-12-22(13-11-21)36(32,33)31-15-14-18-4-2-3-5-24(18)31/h2-13H,14-16H2,1H3. The summed E-state index contributed by atoms with van der Waals surface area (Å²) < 4.78 is 77.4. The molecule has 36 heavy (non-hydrogen) atoms. The lowest BCUT2D eigenvalue weighted by atomic mass is 10.1. The van der Waals surface area contributed by atoms with Crippen LogP contribution < -0.4 is 9.04 Å². The van der Waals surface area contributed by atoms with Crippen LogP contribution in [0.4, 0.5) is 18.9 Å². The predicted molar refractivity (Wildman–Crippen MR) is 127 cm³/mol. The summed E-state index contributed by atoms with van der Waals surface area (Å²) in [6, 6.07) is 18.1. The number of sulfonamides is 1. The monoisotopic (exact) mass is 514 g/mol. The fourth-order valence-corrected chi connectivity index (χ4v) is 5.53. The van der Waals surface area contributed by atoms with Crippen molar-refractivity contribution in [3.63, 3.8) is 0 Å². The number of fused-ring (bicyclic) bond motifs is 1. The molecule has 0 atom stereocenters. The van der Waals surface area contributed by atoms with Crippen LogP contribution in [-0.2, 0) is 29.2 Å². The third kappa shape index (κ3) is 4.56. The molecule has 0 N–H and O–H groups in total. The molecule has 0 spiro atoms. The molecule has 1 aromatic heterocycles. The molecule has 0 aliphatic carbocycles. The zero-order valence-electron chi connectivity index (χ0n) is 19.1. The fraction of sp³-hybridized carbons (Fsp3) is 0.192. The van der Waals surface area contributed by atoms with Crippen LogP contribution in [0.3, 0.4) is 0 Å². The number of aryl methyl sites for hydroxylation is 1. The van der Waals surface area contributed by atoms with Gasteiger partial charge in [-0.15, -0.1) is 0 Å². The average molecular weight is 515 g/mol. The largest absolute Gasteiger partial charge is 0.487 e. The number of halogens is 3. The highest BCUT2D eigenvalue weighted by Gasteiger charge is 2.31. The fourth-order valence-electron chi connectivity index (χ4n) is 4.03. The average Bonchev–Trinajstić information content (AvgIpc) is 3.46. The van der Waals surface area contributed by atoms with Crippen LogP contribution in [0.15, 0.2) is 82.1 Å². The molecule has 1 aliphatic rings. The van der Waals surface area contributed by atoms with Crippen LogP contribution in [0, 0.1) is 6.92 Å². The molecule has 0 amide bonds. The van der Waals surface area contributed by atoms with Crippen LogP contribution in [-0.4, -0.2) is 19.9 Å². The summed E-state index contributed by atoms with van der Waals surface area (Å²) in [6.45, 7) is 2.12. The maximum absolute atomic E-state index is 13.1. The molecule has 0 radical (unpaired) electrons. The molecule has 0 saturated heterocycles. The van der Waals surface area contributed by atoms with Crippen LogP contribution in [0.2, 0.25) is 0 Å². The Morgan fingerprint density at radius 1 is 1.00 bits per heavy atom. The lowest BCUT2D eigenvalue weighted by Crippen LogP contribution is -2.29. The number of benzene rings is 3. The molecular weight excluding hydrogens is 493 g/mol. The Bertz CT molecular complexity index is 1500. The van der Waals surface area contributed by atoms with Crippen molar-refractivity contribution >= 4 is 15.7 Å². The van der Waals surface area contributed by atoms with Gasteiger partial charge in [0, 0.05) is 12.1 Å². The van der Waals surface area contributed by atoms with E-state index in [1.807, 2.05) is 18.2 Å². The van der Waals surface area contributed by atoms with Gasteiger partial charge in [0.15, 0.2) is 0 Å². The summed E-state index contributed by atoms with van der Waals surface area (Å²) in [5.41, 5.74) is 1.84. The van der Waals surface area contributed by atoms with Gasteiger partial charge in [-0.1, -0.05) is 18.2 Å². The first-order chi connectivity index (χ1) is 17.1. The minimum absolute atomic E-state index is 0.0432. The first-order valence-electron chi connectivity index (χ1n) is 11.1. The first-order valence-corrected chi connectivity index (χ1v) is 12.5. The number of alkyl halides is 3. The maximum Gasteiger partial charge on any atom is 0.416 e. The normalized spacial score (nSPS) is 13.6. The predicted octanol–water partition coefficient (Wildman–Crippen LogP) is 6.00. The summed E-state index contributed by atoms with van der Waals surface area (Å²) in [4.78, 5) is 4.50. The smallest absolute Gasteiger partial charge is 0.416 e. The van der Waals surface area contributed by atoms with E-state index in [4.69, 9.17) is 9.15 Å². The molecule has 6 nitrogen and oxygen atoms in total. The highest BCUT2D eigenvalue weighted by Crippen LogP contribution is 2.34. The van der Waals surface area contributed by atoms with E-state index < -0.39 is 21.8 Å². The molecule has 5 rings (SSSR count). The molecule has 1 aliphatic heterocycles. The Hall–Kier alpha value is -3.79. The Kier molecular flexibility index (Phi) is 5.99. The number of rotatable bonds is 6. The number of aromatic nitrogens is 1. The molecule has 0 bridgehead atoms. The van der Waals surface area contributed by atoms with E-state index in [0.29, 0.717) is 41.4 Å². The Labute approximate surface area is 206 Å². The van der Waals surface area contributed by atoms with Crippen molar-refractivity contribution in [3.8, 4) is 17.2 Å². The summed E-state index contributed by atoms with van der Waals surface area (Å²) in [5, 5.41) is 0. The van der Waals surface area contributed by atoms with Crippen molar-refractivity contribution in [3.05, 3.63) is 95.4 Å². The maximum atomic E-state index is 13.1. The minimum Gasteiger partial charge on any atom is -0.487 e. The van der Waals surface area contributed by atoms with Gasteiger partial charge in [-0.2, -0.15) is 13.2 Å². The molecule has 2 heterocycles. The quantitative estimate of drug-likeness (QED) is 0.316. The van der Waals surface area contributed by atoms with E-state index in [-0.39, 0.29) is 17.4 Å². The Morgan fingerprint density at radius 2 is 1.69 bits per heavy atom. The van der Waals surface area contributed by atoms with Crippen molar-refractivity contribution in [1.29, 1.82) is 0 Å². The van der Waals surface area contributed by atoms with Crippen molar-refractivity contribution in [2.75, 3.05) is 10.8 Å². The summed E-state index contributed by atoms with van der Waals surface area (Å²) in [6.07, 6.45) is -3.75. The summed E-state index contributed by atoms with van der Waals surface area (Å²) >= 11 is 0. The van der Waals surface area contributed by atoms with E-state index in [1.165, 1.54) is 28.6 Å². The second-order valence-electron chi connectivity index (χ2n) is 8.31. The van der Waals surface area contributed by atoms with Crippen molar-refractivity contribution in [1.82, 2.24) is 4.98 Å². The molecule has 0 fully saturated rings. The van der Waals surface area contributed by atoms with Crippen LogP contribution in [0.5, 0.6) is 5.75 Å². The second kappa shape index (κ2) is 9.02. The number of para-hydroxylation sites is 1. The minimum atomic E-state index is -4.42. The van der Waals surface area contributed by atoms with Gasteiger partial charge in [0.25, 0.3) is 10.0 Å². The van der Waals surface area contributed by atoms with Crippen molar-refractivity contribution < 1.29 is 30.7 Å². The topological polar surface area (TPSA) is 72.6 Å². The van der Waals surface area contributed by atoms with E-state index in [0.717, 1.165) is 17.7 Å². The molecule has 186 valence electrons. The van der Waals surface area contributed by atoms with Gasteiger partial charge in [-0.3, -0.25) is 4.31 Å². The summed E-state index contributed by atoms with van der Waals surface area (Å²) in [5.74, 6) is 1.10. The SMILES string of the molecule is Cc1oc(-c2ccc(C(F)(F)F)cc2)nc1COc1ccc(S(=O)(=O)N2CCc3ccccc32)cc1. The number of anilines is 1. The van der Waals surface area contributed by atoms with Gasteiger partial charge < -0.3 is 9.15 Å². The Morgan fingerprint density at radius 3 is 2.39 bits per heavy atom.